The molecule has 0 aliphatic carbocycles. The lowest BCUT2D eigenvalue weighted by Crippen LogP contribution is -1.77. The molecule has 60 valence electrons. The Kier molecular flexibility index (Phi) is 1.87. The molecule has 0 aliphatic heterocycles. The highest BCUT2D eigenvalue weighted by atomic mass is 32.1. The van der Waals surface area contributed by atoms with E-state index >= 15 is 0 Å². The molecule has 0 N–H and O–H groups in total. The van der Waals surface area contributed by atoms with Gasteiger partial charge in [0, 0.05) is 23.3 Å². The monoisotopic (exact) mass is 176 g/mol. The molecule has 0 radical (unpaired) electrons. The third-order valence-corrected chi connectivity index (χ3v) is 2.37. The Morgan fingerprint density at radius 1 is 1.25 bits per heavy atom. The highest BCUT2D eigenvalue weighted by Gasteiger charge is 1.99. The highest BCUT2D eigenvalue weighted by molar-refractivity contribution is 7.09. The van der Waals surface area contributed by atoms with Gasteiger partial charge in [-0.3, -0.25) is 4.98 Å². The molecule has 0 unspecified atom stereocenters. The van der Waals surface area contributed by atoms with Crippen molar-refractivity contribution >= 4 is 11.3 Å². The molecule has 0 saturated heterocycles. The first-order chi connectivity index (χ1) is 5.86. The van der Waals surface area contributed by atoms with Gasteiger partial charge in [0.25, 0.3) is 0 Å². The van der Waals surface area contributed by atoms with Crippen molar-refractivity contribution in [2.24, 2.45) is 0 Å². The molecule has 2 aromatic heterocycles. The third kappa shape index (κ3) is 1.36. The van der Waals surface area contributed by atoms with Crippen molar-refractivity contribution < 1.29 is 0 Å². The number of thiazole rings is 1. The van der Waals surface area contributed by atoms with Crippen LogP contribution in [0.4, 0.5) is 0 Å². The maximum absolute atomic E-state index is 4.37. The Labute approximate surface area is 74.9 Å². The summed E-state index contributed by atoms with van der Waals surface area (Å²) in [5.74, 6) is 0. The summed E-state index contributed by atoms with van der Waals surface area (Å²) in [6.45, 7) is 2.01. The summed E-state index contributed by atoms with van der Waals surface area (Å²) >= 11 is 1.67. The molecule has 2 heterocycles. The van der Waals surface area contributed by atoms with Crippen molar-refractivity contribution in [3.63, 3.8) is 0 Å². The topological polar surface area (TPSA) is 25.8 Å². The van der Waals surface area contributed by atoms with Gasteiger partial charge in [-0.05, 0) is 19.1 Å². The zero-order valence-corrected chi connectivity index (χ0v) is 7.51. The lowest BCUT2D eigenvalue weighted by Gasteiger charge is -1.92. The SMILES string of the molecule is Cc1nc(-c2ccncc2)cs1. The predicted molar refractivity (Wildman–Crippen MR) is 50.1 cm³/mol. The normalized spacial score (nSPS) is 10.1. The number of aromatic nitrogens is 2. The van der Waals surface area contributed by atoms with E-state index in [9.17, 15) is 0 Å². The van der Waals surface area contributed by atoms with E-state index in [1.54, 1.807) is 23.7 Å². The van der Waals surface area contributed by atoms with Crippen molar-refractivity contribution in [2.75, 3.05) is 0 Å². The standard InChI is InChI=1S/C9H8N2S/c1-7-11-9(6-12-7)8-2-4-10-5-3-8/h2-6H,1H3. The Morgan fingerprint density at radius 2 is 2.00 bits per heavy atom. The highest BCUT2D eigenvalue weighted by Crippen LogP contribution is 2.19. The first kappa shape index (κ1) is 7.43. The predicted octanol–water partition coefficient (Wildman–Crippen LogP) is 2.51. The molecule has 0 bridgehead atoms. The minimum absolute atomic E-state index is 1.04. The van der Waals surface area contributed by atoms with Crippen LogP contribution in [0.1, 0.15) is 5.01 Å². The first-order valence-corrected chi connectivity index (χ1v) is 4.57. The number of hydrogen-bond acceptors (Lipinski definition) is 3. The van der Waals surface area contributed by atoms with Crippen LogP contribution in [-0.4, -0.2) is 9.97 Å². The van der Waals surface area contributed by atoms with Crippen molar-refractivity contribution in [3.8, 4) is 11.3 Å². The molecule has 3 heteroatoms. The van der Waals surface area contributed by atoms with E-state index < -0.39 is 0 Å². The van der Waals surface area contributed by atoms with E-state index in [4.69, 9.17) is 0 Å². The second-order valence-corrected chi connectivity index (χ2v) is 3.55. The molecule has 0 atom stereocenters. The van der Waals surface area contributed by atoms with E-state index in [1.165, 1.54) is 0 Å². The Bertz CT molecular complexity index is 367. The zero-order valence-electron chi connectivity index (χ0n) is 6.69. The third-order valence-electron chi connectivity index (χ3n) is 1.60. The number of aryl methyl sites for hydroxylation is 1. The molecule has 0 fully saturated rings. The summed E-state index contributed by atoms with van der Waals surface area (Å²) in [6, 6.07) is 3.93. The lowest BCUT2D eigenvalue weighted by atomic mass is 10.2. The Morgan fingerprint density at radius 3 is 2.58 bits per heavy atom. The number of rotatable bonds is 1. The Balaban J connectivity index is 2.45. The van der Waals surface area contributed by atoms with Gasteiger partial charge in [-0.15, -0.1) is 11.3 Å². The van der Waals surface area contributed by atoms with Gasteiger partial charge in [0.1, 0.15) is 0 Å². The van der Waals surface area contributed by atoms with Gasteiger partial charge in [0.15, 0.2) is 0 Å². The number of pyridine rings is 1. The maximum atomic E-state index is 4.37. The van der Waals surface area contributed by atoms with Crippen LogP contribution in [0.15, 0.2) is 29.9 Å². The van der Waals surface area contributed by atoms with Crippen LogP contribution in [0, 0.1) is 6.92 Å². The van der Waals surface area contributed by atoms with E-state index in [-0.39, 0.29) is 0 Å². The minimum atomic E-state index is 1.04. The van der Waals surface area contributed by atoms with Crippen LogP contribution in [-0.2, 0) is 0 Å². The van der Waals surface area contributed by atoms with Crippen molar-refractivity contribution in [3.05, 3.63) is 34.9 Å². The van der Waals surface area contributed by atoms with Gasteiger partial charge in [-0.1, -0.05) is 0 Å². The second kappa shape index (κ2) is 3.03. The number of hydrogen-bond donors (Lipinski definition) is 0. The van der Waals surface area contributed by atoms with Crippen LogP contribution in [0.5, 0.6) is 0 Å². The molecule has 0 amide bonds. The van der Waals surface area contributed by atoms with Crippen LogP contribution < -0.4 is 0 Å². The maximum Gasteiger partial charge on any atom is 0.0901 e. The minimum Gasteiger partial charge on any atom is -0.265 e. The molecule has 0 saturated carbocycles. The fourth-order valence-corrected chi connectivity index (χ4v) is 1.64. The molecule has 12 heavy (non-hydrogen) atoms. The van der Waals surface area contributed by atoms with Crippen molar-refractivity contribution in [2.45, 2.75) is 6.92 Å². The lowest BCUT2D eigenvalue weighted by molar-refractivity contribution is 1.28. The molecule has 2 aromatic rings. The quantitative estimate of drug-likeness (QED) is 0.667. The van der Waals surface area contributed by atoms with Gasteiger partial charge >= 0.3 is 0 Å². The average Bonchev–Trinajstić information content (AvgIpc) is 2.54. The van der Waals surface area contributed by atoms with Crippen LogP contribution >= 0.6 is 11.3 Å². The van der Waals surface area contributed by atoms with E-state index in [0.717, 1.165) is 16.3 Å². The second-order valence-electron chi connectivity index (χ2n) is 2.49. The summed E-state index contributed by atoms with van der Waals surface area (Å²) in [7, 11) is 0. The van der Waals surface area contributed by atoms with Gasteiger partial charge in [-0.2, -0.15) is 0 Å². The fraction of sp³-hybridized carbons (Fsp3) is 0.111. The van der Waals surface area contributed by atoms with E-state index in [2.05, 4.69) is 15.3 Å². The van der Waals surface area contributed by atoms with Gasteiger partial charge in [-0.25, -0.2) is 4.98 Å². The smallest absolute Gasteiger partial charge is 0.0901 e. The van der Waals surface area contributed by atoms with E-state index in [1.807, 2.05) is 19.1 Å². The number of nitrogens with zero attached hydrogens (tertiary/aromatic N) is 2. The summed E-state index contributed by atoms with van der Waals surface area (Å²) in [5, 5.41) is 3.16. The largest absolute Gasteiger partial charge is 0.265 e. The summed E-state index contributed by atoms with van der Waals surface area (Å²) in [4.78, 5) is 8.32. The average molecular weight is 176 g/mol. The zero-order chi connectivity index (χ0) is 8.39. The summed E-state index contributed by atoms with van der Waals surface area (Å²) < 4.78 is 0. The van der Waals surface area contributed by atoms with Crippen LogP contribution in [0.25, 0.3) is 11.3 Å². The van der Waals surface area contributed by atoms with Gasteiger partial charge < -0.3 is 0 Å². The van der Waals surface area contributed by atoms with Crippen molar-refractivity contribution in [1.82, 2.24) is 9.97 Å². The van der Waals surface area contributed by atoms with Crippen LogP contribution in [0.3, 0.4) is 0 Å². The van der Waals surface area contributed by atoms with Crippen molar-refractivity contribution in [1.29, 1.82) is 0 Å². The summed E-state index contributed by atoms with van der Waals surface area (Å²) in [6.07, 6.45) is 3.56. The molecule has 0 aromatic carbocycles. The molecule has 2 nitrogen and oxygen atoms in total. The molecule has 2 rings (SSSR count). The summed E-state index contributed by atoms with van der Waals surface area (Å²) in [5.41, 5.74) is 2.18. The molecular formula is C9H8N2S. The van der Waals surface area contributed by atoms with Gasteiger partial charge in [0.05, 0.1) is 10.7 Å². The molecular weight excluding hydrogens is 168 g/mol. The van der Waals surface area contributed by atoms with Crippen LogP contribution in [0.2, 0.25) is 0 Å². The first-order valence-electron chi connectivity index (χ1n) is 3.69. The Hall–Kier alpha value is -1.22. The van der Waals surface area contributed by atoms with E-state index in [0.29, 0.717) is 0 Å². The molecule has 0 aliphatic rings. The van der Waals surface area contributed by atoms with Gasteiger partial charge in [0.2, 0.25) is 0 Å². The fourth-order valence-electron chi connectivity index (χ4n) is 1.02. The molecule has 0 spiro atoms.